The third kappa shape index (κ3) is 3.84. The third-order valence-corrected chi connectivity index (χ3v) is 8.48. The van der Waals surface area contributed by atoms with E-state index in [1.54, 1.807) is 12.3 Å². The molecule has 1 saturated heterocycles. The van der Waals surface area contributed by atoms with Gasteiger partial charge in [0.15, 0.2) is 0 Å². The fraction of sp³-hybridized carbons (Fsp3) is 0.296. The zero-order chi connectivity index (χ0) is 24.9. The highest BCUT2D eigenvalue weighted by Gasteiger charge is 2.50. The van der Waals surface area contributed by atoms with E-state index in [0.29, 0.717) is 10.8 Å². The van der Waals surface area contributed by atoms with Gasteiger partial charge < -0.3 is 19.0 Å². The van der Waals surface area contributed by atoms with Crippen LogP contribution >= 0.6 is 11.3 Å². The van der Waals surface area contributed by atoms with Crippen molar-refractivity contribution in [3.63, 3.8) is 0 Å². The molecule has 0 unspecified atom stereocenters. The summed E-state index contributed by atoms with van der Waals surface area (Å²) >= 11 is 1.36. The fourth-order valence-corrected chi connectivity index (χ4v) is 6.45. The molecule has 1 aliphatic carbocycles. The van der Waals surface area contributed by atoms with Crippen molar-refractivity contribution >= 4 is 40.1 Å². The predicted octanol–water partition coefficient (Wildman–Crippen LogP) is 4.84. The average Bonchev–Trinajstić information content (AvgIpc) is 3.66. The van der Waals surface area contributed by atoms with E-state index < -0.39 is 0 Å². The molecule has 3 aromatic heterocycles. The molecule has 4 heterocycles. The minimum Gasteiger partial charge on any atom is -0.464 e. The van der Waals surface area contributed by atoms with E-state index in [0.717, 1.165) is 59.6 Å². The van der Waals surface area contributed by atoms with Gasteiger partial charge in [0.05, 0.1) is 33.7 Å². The number of aliphatic hydroxyl groups excluding tert-OH is 1. The minimum atomic E-state index is -0.227. The van der Waals surface area contributed by atoms with Gasteiger partial charge in [-0.2, -0.15) is 0 Å². The van der Waals surface area contributed by atoms with E-state index in [9.17, 15) is 14.7 Å². The molecular weight excluding hydrogens is 476 g/mol. The maximum atomic E-state index is 13.2. The van der Waals surface area contributed by atoms with E-state index in [1.807, 2.05) is 41.3 Å². The number of rotatable bonds is 6. The number of hydrogen-bond donors (Lipinski definition) is 2. The van der Waals surface area contributed by atoms with Crippen molar-refractivity contribution < 1.29 is 19.1 Å². The quantitative estimate of drug-likeness (QED) is 0.368. The van der Waals surface area contributed by atoms with Gasteiger partial charge in [-0.3, -0.25) is 14.9 Å². The Hall–Kier alpha value is -3.69. The molecule has 1 spiro atoms. The lowest BCUT2D eigenvalue weighted by molar-refractivity contribution is -0.125. The van der Waals surface area contributed by atoms with Gasteiger partial charge >= 0.3 is 0 Å². The predicted molar refractivity (Wildman–Crippen MR) is 138 cm³/mol. The van der Waals surface area contributed by atoms with Crippen LogP contribution in [0.1, 0.15) is 40.5 Å². The largest absolute Gasteiger partial charge is 0.464 e. The Balaban J connectivity index is 1.28. The van der Waals surface area contributed by atoms with Gasteiger partial charge in [0.2, 0.25) is 11.9 Å². The van der Waals surface area contributed by atoms with Gasteiger partial charge in [0.1, 0.15) is 5.76 Å². The monoisotopic (exact) mass is 502 g/mol. The van der Waals surface area contributed by atoms with Crippen molar-refractivity contribution in [1.29, 1.82) is 0 Å². The Morgan fingerprint density at radius 3 is 2.89 bits per heavy atom. The first-order valence-corrected chi connectivity index (χ1v) is 12.8. The number of carbonyl (C=O) groups excluding carboxylic acids is 2. The molecule has 184 valence electrons. The summed E-state index contributed by atoms with van der Waals surface area (Å²) in [6, 6.07) is 13.1. The molecule has 2 fully saturated rings. The van der Waals surface area contributed by atoms with Gasteiger partial charge in [0.25, 0.3) is 5.91 Å². The average molecular weight is 503 g/mol. The maximum Gasteiger partial charge on any atom is 0.268 e. The summed E-state index contributed by atoms with van der Waals surface area (Å²) < 4.78 is 7.55. The van der Waals surface area contributed by atoms with Crippen LogP contribution in [-0.4, -0.2) is 44.5 Å². The summed E-state index contributed by atoms with van der Waals surface area (Å²) in [6.07, 6.45) is 5.75. The van der Waals surface area contributed by atoms with Gasteiger partial charge in [0, 0.05) is 19.1 Å². The highest BCUT2D eigenvalue weighted by atomic mass is 32.1. The second kappa shape index (κ2) is 8.76. The number of carbonyl (C=O) groups is 2. The Morgan fingerprint density at radius 1 is 1.28 bits per heavy atom. The Labute approximate surface area is 211 Å². The Kier molecular flexibility index (Phi) is 5.54. The van der Waals surface area contributed by atoms with Gasteiger partial charge in [-0.1, -0.05) is 12.6 Å². The van der Waals surface area contributed by atoms with E-state index >= 15 is 0 Å². The summed E-state index contributed by atoms with van der Waals surface area (Å²) in [5.74, 6) is 0.973. The van der Waals surface area contributed by atoms with Crippen LogP contribution in [0, 0.1) is 5.41 Å². The summed E-state index contributed by atoms with van der Waals surface area (Å²) in [5, 5.41) is 12.7. The van der Waals surface area contributed by atoms with E-state index in [4.69, 9.17) is 9.40 Å². The molecule has 2 N–H and O–H groups in total. The summed E-state index contributed by atoms with van der Waals surface area (Å²) in [7, 11) is 0. The van der Waals surface area contributed by atoms with Gasteiger partial charge in [-0.05, 0) is 72.7 Å². The number of imidazole rings is 1. The zero-order valence-electron chi connectivity index (χ0n) is 19.6. The van der Waals surface area contributed by atoms with Crippen LogP contribution in [0.15, 0.2) is 65.8 Å². The smallest absolute Gasteiger partial charge is 0.268 e. The number of thiophene rings is 1. The number of aromatic nitrogens is 2. The summed E-state index contributed by atoms with van der Waals surface area (Å²) in [6.45, 7) is 5.02. The van der Waals surface area contributed by atoms with Crippen LogP contribution in [-0.2, 0) is 11.4 Å². The van der Waals surface area contributed by atoms with Crippen molar-refractivity contribution in [2.24, 2.45) is 5.41 Å². The first-order valence-electron chi connectivity index (χ1n) is 12.0. The number of amides is 2. The normalized spacial score (nSPS) is 21.1. The lowest BCUT2D eigenvalue weighted by Gasteiger charge is -2.46. The van der Waals surface area contributed by atoms with Crippen molar-refractivity contribution in [1.82, 2.24) is 14.5 Å². The van der Waals surface area contributed by atoms with Crippen molar-refractivity contribution in [3.8, 4) is 10.6 Å². The molecule has 2 aliphatic rings. The zero-order valence-corrected chi connectivity index (χ0v) is 20.5. The lowest BCUT2D eigenvalue weighted by Crippen LogP contribution is -2.42. The third-order valence-electron chi connectivity index (χ3n) is 7.38. The van der Waals surface area contributed by atoms with Crippen LogP contribution in [0.5, 0.6) is 0 Å². The highest BCUT2D eigenvalue weighted by molar-refractivity contribution is 7.17. The molecule has 4 aromatic rings. The number of furan rings is 1. The molecule has 1 aromatic carbocycles. The number of fused-ring (bicyclic) bond motifs is 1. The maximum absolute atomic E-state index is 13.2. The van der Waals surface area contributed by atoms with Crippen LogP contribution in [0.3, 0.4) is 0 Å². The van der Waals surface area contributed by atoms with Crippen LogP contribution in [0.25, 0.3) is 21.7 Å². The van der Waals surface area contributed by atoms with Crippen molar-refractivity contribution in [2.75, 3.05) is 18.4 Å². The minimum absolute atomic E-state index is 0.0196. The SMILES string of the molecule is C=CC(=O)N1CCC2(CC(n3c(NC(=O)c4ccc(-c5ccco5)s4)nc4ccc(CO)cc43)C2)C1. The second-order valence-corrected chi connectivity index (χ2v) is 10.7. The standard InChI is InChI=1S/C27H26N4O4S/c1-2-24(33)30-10-9-27(16-30)13-18(14-27)31-20-12-17(15-32)5-6-19(20)28-26(31)29-25(34)23-8-7-22(36-23)21-4-3-11-35-21/h2-8,11-12,18,32H,1,9-10,13-16H2,(H,28,29,34). The fourth-order valence-electron chi connectivity index (χ4n) is 5.58. The molecular formula is C27H26N4O4S. The summed E-state index contributed by atoms with van der Waals surface area (Å²) in [5.41, 5.74) is 2.53. The first-order chi connectivity index (χ1) is 17.5. The van der Waals surface area contributed by atoms with Crippen LogP contribution in [0.2, 0.25) is 0 Å². The Bertz CT molecular complexity index is 1460. The molecule has 6 rings (SSSR count). The molecule has 36 heavy (non-hydrogen) atoms. The molecule has 0 radical (unpaired) electrons. The molecule has 0 bridgehead atoms. The highest BCUT2D eigenvalue weighted by Crippen LogP contribution is 2.55. The van der Waals surface area contributed by atoms with Gasteiger partial charge in [-0.15, -0.1) is 11.3 Å². The van der Waals surface area contributed by atoms with E-state index in [-0.39, 0.29) is 29.9 Å². The molecule has 9 heteroatoms. The molecule has 1 saturated carbocycles. The number of anilines is 1. The van der Waals surface area contributed by atoms with Crippen molar-refractivity contribution in [2.45, 2.75) is 31.9 Å². The second-order valence-electron chi connectivity index (χ2n) is 9.66. The number of hydrogen-bond acceptors (Lipinski definition) is 6. The molecule has 2 amide bonds. The number of benzene rings is 1. The van der Waals surface area contributed by atoms with E-state index in [1.165, 1.54) is 17.4 Å². The van der Waals surface area contributed by atoms with Gasteiger partial charge in [-0.25, -0.2) is 4.98 Å². The van der Waals surface area contributed by atoms with E-state index in [2.05, 4.69) is 16.5 Å². The molecule has 1 aliphatic heterocycles. The number of likely N-dealkylation sites (tertiary alicyclic amines) is 1. The molecule has 0 atom stereocenters. The number of nitrogens with zero attached hydrogens (tertiary/aromatic N) is 3. The molecule has 8 nitrogen and oxygen atoms in total. The Morgan fingerprint density at radius 2 is 2.14 bits per heavy atom. The van der Waals surface area contributed by atoms with Crippen LogP contribution in [0.4, 0.5) is 5.95 Å². The topological polar surface area (TPSA) is 101 Å². The van der Waals surface area contributed by atoms with Crippen LogP contribution < -0.4 is 5.32 Å². The van der Waals surface area contributed by atoms with Crippen molar-refractivity contribution in [3.05, 3.63) is 71.8 Å². The number of aliphatic hydroxyl groups is 1. The number of nitrogens with one attached hydrogen (secondary N) is 1. The summed E-state index contributed by atoms with van der Waals surface area (Å²) in [4.78, 5) is 33.4. The lowest BCUT2D eigenvalue weighted by atomic mass is 9.64. The first kappa shape index (κ1) is 22.8.